The summed E-state index contributed by atoms with van der Waals surface area (Å²) in [6, 6.07) is 14.3. The van der Waals surface area contributed by atoms with Gasteiger partial charge < -0.3 is 19.3 Å². The van der Waals surface area contributed by atoms with Crippen molar-refractivity contribution < 1.29 is 24.1 Å². The predicted octanol–water partition coefficient (Wildman–Crippen LogP) is 6.55. The largest absolute Gasteiger partial charge is 0.494 e. The molecule has 0 aromatic heterocycles. The molecule has 2 aromatic rings. The Balaban J connectivity index is 1.65. The van der Waals surface area contributed by atoms with Gasteiger partial charge in [0, 0.05) is 11.5 Å². The first-order valence-corrected chi connectivity index (χ1v) is 12.7. The van der Waals surface area contributed by atoms with Gasteiger partial charge in [-0.05, 0) is 69.6 Å². The van der Waals surface area contributed by atoms with Crippen molar-refractivity contribution in [3.05, 3.63) is 59.2 Å². The first kappa shape index (κ1) is 24.6. The van der Waals surface area contributed by atoms with E-state index in [4.69, 9.17) is 14.2 Å². The maximum absolute atomic E-state index is 12.3. The lowest BCUT2D eigenvalue weighted by Crippen LogP contribution is -2.52. The Morgan fingerprint density at radius 2 is 1.94 bits per heavy atom. The second-order valence-corrected chi connectivity index (χ2v) is 10.2. The zero-order valence-corrected chi connectivity index (χ0v) is 21.0. The maximum atomic E-state index is 12.3. The number of carbonyl (C=O) groups is 1. The van der Waals surface area contributed by atoms with Crippen molar-refractivity contribution in [1.82, 2.24) is 0 Å². The molecule has 0 amide bonds. The highest BCUT2D eigenvalue weighted by atomic mass is 16.5. The molecule has 0 aliphatic carbocycles. The van der Waals surface area contributed by atoms with E-state index in [2.05, 4.69) is 52.0 Å². The number of rotatable bonds is 8. The van der Waals surface area contributed by atoms with E-state index in [1.807, 2.05) is 25.1 Å². The fraction of sp³-hybridized carbons (Fsp3) is 0.552. The summed E-state index contributed by atoms with van der Waals surface area (Å²) in [6.07, 6.45) is 2.36. The number of carboxylic acids is 1. The van der Waals surface area contributed by atoms with E-state index in [9.17, 15) is 9.90 Å². The Hall–Kier alpha value is -2.53. The van der Waals surface area contributed by atoms with Crippen molar-refractivity contribution >= 4 is 5.97 Å². The molecule has 0 unspecified atom stereocenters. The summed E-state index contributed by atoms with van der Waals surface area (Å²) < 4.78 is 19.1. The van der Waals surface area contributed by atoms with Crippen LogP contribution in [0.2, 0.25) is 0 Å². The minimum Gasteiger partial charge on any atom is -0.494 e. The van der Waals surface area contributed by atoms with E-state index >= 15 is 0 Å². The van der Waals surface area contributed by atoms with Gasteiger partial charge in [0.05, 0.1) is 24.7 Å². The molecule has 4 rings (SSSR count). The first-order valence-electron chi connectivity index (χ1n) is 12.7. The highest BCUT2D eigenvalue weighted by molar-refractivity contribution is 5.71. The highest BCUT2D eigenvalue weighted by Gasteiger charge is 2.52. The average molecular weight is 467 g/mol. The molecular weight excluding hydrogens is 428 g/mol. The predicted molar refractivity (Wildman–Crippen MR) is 133 cm³/mol. The number of para-hydroxylation sites is 2. The summed E-state index contributed by atoms with van der Waals surface area (Å²) in [5, 5.41) is 10.1. The molecule has 5 heteroatoms. The second kappa shape index (κ2) is 9.99. The van der Waals surface area contributed by atoms with E-state index in [0.29, 0.717) is 31.8 Å². The molecule has 34 heavy (non-hydrogen) atoms. The fourth-order valence-corrected chi connectivity index (χ4v) is 5.56. The quantitative estimate of drug-likeness (QED) is 0.478. The number of aryl methyl sites for hydroxylation is 1. The maximum Gasteiger partial charge on any atom is 0.309 e. The van der Waals surface area contributed by atoms with Crippen LogP contribution in [0.15, 0.2) is 42.5 Å². The summed E-state index contributed by atoms with van der Waals surface area (Å²) in [5.74, 6) is 0.779. The van der Waals surface area contributed by atoms with Crippen molar-refractivity contribution in [3.8, 4) is 11.5 Å². The number of ether oxygens (including phenoxy) is 3. The third kappa shape index (κ3) is 4.68. The summed E-state index contributed by atoms with van der Waals surface area (Å²) in [4.78, 5) is 12.3. The van der Waals surface area contributed by atoms with Gasteiger partial charge in [-0.15, -0.1) is 0 Å². The number of aliphatic carboxylic acids is 1. The van der Waals surface area contributed by atoms with Gasteiger partial charge in [0.15, 0.2) is 0 Å². The molecule has 2 heterocycles. The van der Waals surface area contributed by atoms with E-state index in [1.165, 1.54) is 5.56 Å². The van der Waals surface area contributed by atoms with Crippen LogP contribution in [0, 0.1) is 11.8 Å². The molecule has 0 bridgehead atoms. The zero-order valence-electron chi connectivity index (χ0n) is 21.0. The second-order valence-electron chi connectivity index (χ2n) is 10.2. The topological polar surface area (TPSA) is 65.0 Å². The molecule has 0 radical (unpaired) electrons. The number of benzene rings is 2. The van der Waals surface area contributed by atoms with Crippen molar-refractivity contribution in [1.29, 1.82) is 0 Å². The van der Waals surface area contributed by atoms with Crippen LogP contribution in [0.3, 0.4) is 0 Å². The summed E-state index contributed by atoms with van der Waals surface area (Å²) in [5.41, 5.74) is 2.84. The zero-order chi connectivity index (χ0) is 24.5. The van der Waals surface area contributed by atoms with Crippen LogP contribution in [0.1, 0.15) is 82.6 Å². The molecule has 0 saturated carbocycles. The van der Waals surface area contributed by atoms with E-state index in [0.717, 1.165) is 29.0 Å². The van der Waals surface area contributed by atoms with Crippen molar-refractivity contribution in [2.45, 2.75) is 84.0 Å². The third-order valence-electron chi connectivity index (χ3n) is 7.72. The minimum atomic E-state index is -0.795. The Morgan fingerprint density at radius 1 is 1.18 bits per heavy atom. The summed E-state index contributed by atoms with van der Waals surface area (Å²) in [7, 11) is 0. The minimum absolute atomic E-state index is 0.0276. The summed E-state index contributed by atoms with van der Waals surface area (Å²) in [6.45, 7) is 11.1. The van der Waals surface area contributed by atoms with Gasteiger partial charge >= 0.3 is 5.97 Å². The van der Waals surface area contributed by atoms with Crippen LogP contribution >= 0.6 is 0 Å². The molecule has 2 aliphatic heterocycles. The van der Waals surface area contributed by atoms with Crippen LogP contribution in [0.4, 0.5) is 0 Å². The number of hydrogen-bond donors (Lipinski definition) is 1. The molecule has 184 valence electrons. The van der Waals surface area contributed by atoms with Gasteiger partial charge in [-0.25, -0.2) is 0 Å². The van der Waals surface area contributed by atoms with E-state index in [1.54, 1.807) is 0 Å². The lowest BCUT2D eigenvalue weighted by Gasteiger charge is -2.51. The van der Waals surface area contributed by atoms with Crippen LogP contribution in [0.5, 0.6) is 11.5 Å². The van der Waals surface area contributed by atoms with Crippen molar-refractivity contribution in [2.75, 3.05) is 6.61 Å². The van der Waals surface area contributed by atoms with Gasteiger partial charge in [0.1, 0.15) is 17.1 Å². The standard InChI is InChI=1S/C29H38O5/c1-6-18(3)20-12-10-13-21-26(20)34-29(4,5)23-17-22(28(30)31)25(33-27(21)23)16-15-19-11-8-9-14-24(19)32-7-2/h8-14,18,22-23,25,27H,6-7,15-17H2,1-5H3,(H,30,31)/t18-,22-,23+,25+,27-/m1/s1. The van der Waals surface area contributed by atoms with Gasteiger partial charge in [-0.2, -0.15) is 0 Å². The molecule has 5 nitrogen and oxygen atoms in total. The van der Waals surface area contributed by atoms with Gasteiger partial charge in [-0.3, -0.25) is 4.79 Å². The monoisotopic (exact) mass is 466 g/mol. The average Bonchev–Trinajstić information content (AvgIpc) is 2.82. The molecule has 2 aliphatic rings. The molecule has 0 spiro atoms. The molecule has 1 fully saturated rings. The van der Waals surface area contributed by atoms with Crippen molar-refractivity contribution in [2.24, 2.45) is 11.8 Å². The SMILES string of the molecule is CCOc1ccccc1CC[C@@H]1O[C@@H]2c3cccc([C@H](C)CC)c3OC(C)(C)[C@H]2C[C@H]1C(=O)O. The molecule has 1 saturated heterocycles. The molecule has 2 aromatic carbocycles. The normalized spacial score (nSPS) is 26.0. The van der Waals surface area contributed by atoms with E-state index < -0.39 is 17.5 Å². The van der Waals surface area contributed by atoms with Crippen LogP contribution < -0.4 is 9.47 Å². The summed E-state index contributed by atoms with van der Waals surface area (Å²) >= 11 is 0. The lowest BCUT2D eigenvalue weighted by molar-refractivity contribution is -0.188. The highest BCUT2D eigenvalue weighted by Crippen LogP contribution is 2.54. The number of carboxylic acid groups (broad SMARTS) is 1. The molecule has 5 atom stereocenters. The Labute approximate surface area is 203 Å². The van der Waals surface area contributed by atoms with Gasteiger partial charge in [0.2, 0.25) is 0 Å². The lowest BCUT2D eigenvalue weighted by atomic mass is 9.70. The Bertz CT molecular complexity index is 1010. The first-order chi connectivity index (χ1) is 16.3. The fourth-order valence-electron chi connectivity index (χ4n) is 5.56. The van der Waals surface area contributed by atoms with Crippen molar-refractivity contribution in [3.63, 3.8) is 0 Å². The van der Waals surface area contributed by atoms with Crippen LogP contribution in [-0.2, 0) is 16.0 Å². The Morgan fingerprint density at radius 3 is 2.65 bits per heavy atom. The smallest absolute Gasteiger partial charge is 0.309 e. The molecule has 1 N–H and O–H groups in total. The number of hydrogen-bond acceptors (Lipinski definition) is 4. The van der Waals surface area contributed by atoms with Gasteiger partial charge in [-0.1, -0.05) is 50.2 Å². The van der Waals surface area contributed by atoms with Crippen LogP contribution in [0.25, 0.3) is 0 Å². The third-order valence-corrected chi connectivity index (χ3v) is 7.72. The Kier molecular flexibility index (Phi) is 7.22. The van der Waals surface area contributed by atoms with E-state index in [-0.39, 0.29) is 18.1 Å². The van der Waals surface area contributed by atoms with Gasteiger partial charge in [0.25, 0.3) is 0 Å². The molecular formula is C29H38O5. The number of fused-ring (bicyclic) bond motifs is 3. The van der Waals surface area contributed by atoms with Crippen LogP contribution in [-0.4, -0.2) is 29.4 Å².